The molecule has 4 heterocycles. The molecule has 3 aromatic rings. The van der Waals surface area contributed by atoms with Crippen molar-refractivity contribution in [1.82, 2.24) is 30.4 Å². The van der Waals surface area contributed by atoms with Crippen LogP contribution in [-0.2, 0) is 11.2 Å². The van der Waals surface area contributed by atoms with Crippen molar-refractivity contribution >= 4 is 17.5 Å². The fourth-order valence-corrected chi connectivity index (χ4v) is 5.73. The predicted molar refractivity (Wildman–Crippen MR) is 128 cm³/mol. The van der Waals surface area contributed by atoms with Crippen molar-refractivity contribution < 1.29 is 36.1 Å². The van der Waals surface area contributed by atoms with Crippen LogP contribution in [0.15, 0.2) is 29.2 Å². The van der Waals surface area contributed by atoms with Crippen molar-refractivity contribution in [3.05, 3.63) is 47.2 Å². The molecule has 2 amide bonds. The lowest BCUT2D eigenvalue weighted by Gasteiger charge is -2.33. The molecule has 3 aliphatic rings. The average molecular weight is 567 g/mol. The number of rotatable bonds is 7. The van der Waals surface area contributed by atoms with Crippen LogP contribution in [0.5, 0.6) is 0 Å². The molecule has 9 nitrogen and oxygen atoms in total. The molecule has 1 saturated heterocycles. The number of amides is 2. The Morgan fingerprint density at radius 1 is 1.23 bits per heavy atom. The molecule has 40 heavy (non-hydrogen) atoms. The lowest BCUT2D eigenvalue weighted by Crippen LogP contribution is -2.38. The van der Waals surface area contributed by atoms with Gasteiger partial charge in [0.1, 0.15) is 17.9 Å². The summed E-state index contributed by atoms with van der Waals surface area (Å²) in [5.41, 5.74) is 2.21. The molecule has 14 heteroatoms. The number of halogens is 5. The van der Waals surface area contributed by atoms with Crippen LogP contribution in [0.25, 0.3) is 5.65 Å². The first kappa shape index (κ1) is 26.6. The van der Waals surface area contributed by atoms with Crippen molar-refractivity contribution in [2.24, 2.45) is 11.8 Å². The molecule has 3 aromatic heterocycles. The maximum absolute atomic E-state index is 13.9. The van der Waals surface area contributed by atoms with Crippen molar-refractivity contribution in [2.45, 2.75) is 81.5 Å². The summed E-state index contributed by atoms with van der Waals surface area (Å²) >= 11 is 0. The Morgan fingerprint density at radius 3 is 2.65 bits per heavy atom. The number of nitrogens with one attached hydrogen (secondary N) is 2. The number of alkyl halides is 5. The van der Waals surface area contributed by atoms with E-state index in [0.717, 1.165) is 12.8 Å². The van der Waals surface area contributed by atoms with E-state index in [1.54, 1.807) is 12.3 Å². The van der Waals surface area contributed by atoms with Gasteiger partial charge in [-0.3, -0.25) is 9.59 Å². The summed E-state index contributed by atoms with van der Waals surface area (Å²) in [6.07, 6.45) is 1.11. The third kappa shape index (κ3) is 5.39. The molecule has 0 spiro atoms. The van der Waals surface area contributed by atoms with Crippen LogP contribution in [-0.4, -0.2) is 49.7 Å². The van der Waals surface area contributed by atoms with Crippen molar-refractivity contribution in [3.63, 3.8) is 0 Å². The second-order valence-electron chi connectivity index (χ2n) is 11.1. The summed E-state index contributed by atoms with van der Waals surface area (Å²) in [4.78, 5) is 30.0. The summed E-state index contributed by atoms with van der Waals surface area (Å²) in [5, 5.41) is 13.2. The number of carbonyl (C=O) groups is 2. The molecule has 1 aliphatic heterocycles. The van der Waals surface area contributed by atoms with Crippen molar-refractivity contribution in [2.75, 3.05) is 0 Å². The highest BCUT2D eigenvalue weighted by Gasteiger charge is 2.47. The van der Waals surface area contributed by atoms with E-state index < -0.39 is 41.9 Å². The van der Waals surface area contributed by atoms with Crippen molar-refractivity contribution in [3.8, 4) is 0 Å². The molecule has 3 fully saturated rings. The highest BCUT2D eigenvalue weighted by molar-refractivity contribution is 5.95. The van der Waals surface area contributed by atoms with E-state index in [0.29, 0.717) is 28.2 Å². The van der Waals surface area contributed by atoms with Gasteiger partial charge in [0, 0.05) is 24.7 Å². The Morgan fingerprint density at radius 2 is 1.98 bits per heavy atom. The third-order valence-electron chi connectivity index (χ3n) is 8.12. The Kier molecular flexibility index (Phi) is 6.53. The van der Waals surface area contributed by atoms with E-state index >= 15 is 0 Å². The number of fused-ring (bicyclic) bond motifs is 1. The molecular weight excluding hydrogens is 539 g/mol. The lowest BCUT2D eigenvalue weighted by atomic mass is 9.81. The maximum atomic E-state index is 13.9. The second-order valence-corrected chi connectivity index (χ2v) is 11.1. The van der Waals surface area contributed by atoms with Crippen LogP contribution in [0.4, 0.5) is 22.0 Å². The van der Waals surface area contributed by atoms with Gasteiger partial charge in [0.2, 0.25) is 11.8 Å². The SMILES string of the molecule is O=C(NC(c1cn2ncc(CC3C[C@@H](C(F)(F)F)NC3=O)cc2n1)C1CCC(F)(F)CC1)c1conc1C1CC1. The monoisotopic (exact) mass is 566 g/mol. The largest absolute Gasteiger partial charge is 0.408 e. The zero-order valence-electron chi connectivity index (χ0n) is 21.3. The number of hydrogen-bond donors (Lipinski definition) is 2. The van der Waals surface area contributed by atoms with Gasteiger partial charge in [-0.1, -0.05) is 5.16 Å². The number of hydrogen-bond acceptors (Lipinski definition) is 6. The van der Waals surface area contributed by atoms with Crippen LogP contribution in [0.1, 0.15) is 84.2 Å². The summed E-state index contributed by atoms with van der Waals surface area (Å²) in [6.45, 7) is 0. The highest BCUT2D eigenvalue weighted by atomic mass is 19.4. The number of nitrogens with zero attached hydrogens (tertiary/aromatic N) is 4. The summed E-state index contributed by atoms with van der Waals surface area (Å²) in [5.74, 6) is -4.85. The molecule has 2 unspecified atom stereocenters. The standard InChI is InChI=1S/C26H27F5N6O3/c27-25(28)5-3-15(4-6-25)22(35-24(39)17-12-40-36-21(17)14-1-2-14)18-11-37-20(33-18)8-13(10-32-37)7-16-9-19(26(29,30)31)34-23(16)38/h8,10-12,14-16,19,22H,1-7,9H2,(H,34,38)(H,35,39)/t16?,19-,22?/m0/s1. The minimum Gasteiger partial charge on any atom is -0.364 e. The third-order valence-corrected chi connectivity index (χ3v) is 8.12. The molecule has 0 bridgehead atoms. The van der Waals surface area contributed by atoms with Gasteiger partial charge in [-0.15, -0.1) is 0 Å². The summed E-state index contributed by atoms with van der Waals surface area (Å²) in [6, 6.07) is -0.939. The lowest BCUT2D eigenvalue weighted by molar-refractivity contribution is -0.154. The van der Waals surface area contributed by atoms with E-state index in [-0.39, 0.29) is 50.4 Å². The average Bonchev–Trinajstić information content (AvgIpc) is 3.28. The van der Waals surface area contributed by atoms with E-state index in [2.05, 4.69) is 20.6 Å². The molecule has 3 atom stereocenters. The van der Waals surface area contributed by atoms with Gasteiger partial charge in [0.15, 0.2) is 5.65 Å². The Labute approximate surface area is 224 Å². The quantitative estimate of drug-likeness (QED) is 0.407. The fraction of sp³-hybridized carbons (Fsp3) is 0.577. The second kappa shape index (κ2) is 9.81. The Hall–Kier alpha value is -3.58. The van der Waals surface area contributed by atoms with Crippen LogP contribution in [0.2, 0.25) is 0 Å². The van der Waals surface area contributed by atoms with E-state index in [9.17, 15) is 31.5 Å². The van der Waals surface area contributed by atoms with Gasteiger partial charge in [0.25, 0.3) is 5.91 Å². The smallest absolute Gasteiger partial charge is 0.364 e. The van der Waals surface area contributed by atoms with Crippen LogP contribution >= 0.6 is 0 Å². The maximum Gasteiger partial charge on any atom is 0.408 e. The number of carbonyl (C=O) groups excluding carboxylic acids is 2. The summed E-state index contributed by atoms with van der Waals surface area (Å²) < 4.78 is 73.6. The van der Waals surface area contributed by atoms with Gasteiger partial charge in [-0.2, -0.15) is 18.3 Å². The van der Waals surface area contributed by atoms with Crippen LogP contribution in [0.3, 0.4) is 0 Å². The minimum absolute atomic E-state index is 0.0550. The van der Waals surface area contributed by atoms with Crippen LogP contribution < -0.4 is 10.6 Å². The first-order chi connectivity index (χ1) is 19.0. The topological polar surface area (TPSA) is 114 Å². The molecule has 6 rings (SSSR count). The summed E-state index contributed by atoms with van der Waals surface area (Å²) in [7, 11) is 0. The van der Waals surface area contributed by atoms with E-state index in [1.807, 2.05) is 5.32 Å². The first-order valence-corrected chi connectivity index (χ1v) is 13.3. The van der Waals surface area contributed by atoms with Gasteiger partial charge in [-0.05, 0) is 56.1 Å². The van der Waals surface area contributed by atoms with E-state index in [1.165, 1.54) is 17.0 Å². The fourth-order valence-electron chi connectivity index (χ4n) is 5.73. The molecule has 2 N–H and O–H groups in total. The van der Waals surface area contributed by atoms with Crippen molar-refractivity contribution in [1.29, 1.82) is 0 Å². The molecule has 2 saturated carbocycles. The molecule has 0 aromatic carbocycles. The van der Waals surface area contributed by atoms with Crippen LogP contribution in [0, 0.1) is 11.8 Å². The minimum atomic E-state index is -4.51. The number of imidazole rings is 1. The zero-order valence-corrected chi connectivity index (χ0v) is 21.3. The van der Waals surface area contributed by atoms with Gasteiger partial charge in [-0.25, -0.2) is 18.3 Å². The molecule has 2 aliphatic carbocycles. The predicted octanol–water partition coefficient (Wildman–Crippen LogP) is 4.50. The van der Waals surface area contributed by atoms with Gasteiger partial charge >= 0.3 is 6.18 Å². The Bertz CT molecular complexity index is 1420. The van der Waals surface area contributed by atoms with Gasteiger partial charge < -0.3 is 15.2 Å². The Balaban J connectivity index is 1.24. The normalized spacial score (nSPS) is 24.3. The molecule has 0 radical (unpaired) electrons. The first-order valence-electron chi connectivity index (χ1n) is 13.3. The van der Waals surface area contributed by atoms with Gasteiger partial charge in [0.05, 0.1) is 29.8 Å². The van der Waals surface area contributed by atoms with E-state index in [4.69, 9.17) is 4.52 Å². The molecular formula is C26H27F5N6O3. The zero-order chi connectivity index (χ0) is 28.2. The molecule has 214 valence electrons. The highest BCUT2D eigenvalue weighted by Crippen LogP contribution is 2.43. The number of aromatic nitrogens is 4.